The molecular weight excluding hydrogens is 216 g/mol. The van der Waals surface area contributed by atoms with E-state index >= 15 is 0 Å². The lowest BCUT2D eigenvalue weighted by molar-refractivity contribution is 0.0946. The van der Waals surface area contributed by atoms with Gasteiger partial charge in [0.1, 0.15) is 5.75 Å². The quantitative estimate of drug-likeness (QED) is 0.786. The highest BCUT2D eigenvalue weighted by molar-refractivity contribution is 5.96. The SMILES string of the molecule is CCN(CC)CCNC(=O)c1ccccc1O. The summed E-state index contributed by atoms with van der Waals surface area (Å²) in [5, 5.41) is 12.3. The summed E-state index contributed by atoms with van der Waals surface area (Å²) in [4.78, 5) is 14.0. The predicted octanol–water partition coefficient (Wildman–Crippen LogP) is 1.46. The number of phenolic OH excluding ortho intramolecular Hbond substituents is 1. The van der Waals surface area contributed by atoms with Crippen LogP contribution in [-0.4, -0.2) is 42.1 Å². The van der Waals surface area contributed by atoms with Crippen molar-refractivity contribution >= 4 is 5.91 Å². The molecule has 0 unspecified atom stereocenters. The van der Waals surface area contributed by atoms with Gasteiger partial charge in [0.25, 0.3) is 5.91 Å². The maximum Gasteiger partial charge on any atom is 0.255 e. The number of nitrogens with zero attached hydrogens (tertiary/aromatic N) is 1. The van der Waals surface area contributed by atoms with Crippen LogP contribution in [0.25, 0.3) is 0 Å². The van der Waals surface area contributed by atoms with Crippen LogP contribution >= 0.6 is 0 Å². The summed E-state index contributed by atoms with van der Waals surface area (Å²) >= 11 is 0. The molecule has 0 atom stereocenters. The third-order valence-electron chi connectivity index (χ3n) is 2.76. The van der Waals surface area contributed by atoms with E-state index in [2.05, 4.69) is 24.1 Å². The van der Waals surface area contributed by atoms with Crippen LogP contribution in [0, 0.1) is 0 Å². The maximum absolute atomic E-state index is 11.7. The highest BCUT2D eigenvalue weighted by Gasteiger charge is 2.09. The molecule has 0 heterocycles. The number of benzene rings is 1. The number of rotatable bonds is 6. The van der Waals surface area contributed by atoms with Crippen molar-refractivity contribution in [2.24, 2.45) is 0 Å². The number of carbonyl (C=O) groups is 1. The van der Waals surface area contributed by atoms with Crippen molar-refractivity contribution in [1.82, 2.24) is 10.2 Å². The number of aromatic hydroxyl groups is 1. The monoisotopic (exact) mass is 236 g/mol. The number of nitrogens with one attached hydrogen (secondary N) is 1. The predicted molar refractivity (Wildman–Crippen MR) is 68.2 cm³/mol. The third kappa shape index (κ3) is 4.07. The van der Waals surface area contributed by atoms with E-state index in [0.29, 0.717) is 12.1 Å². The van der Waals surface area contributed by atoms with Gasteiger partial charge in [-0.05, 0) is 25.2 Å². The summed E-state index contributed by atoms with van der Waals surface area (Å²) in [5.74, 6) is -0.205. The minimum Gasteiger partial charge on any atom is -0.507 e. The van der Waals surface area contributed by atoms with Gasteiger partial charge >= 0.3 is 0 Å². The fourth-order valence-electron chi connectivity index (χ4n) is 1.63. The Hall–Kier alpha value is -1.55. The molecule has 1 amide bonds. The molecule has 0 spiro atoms. The molecule has 1 rings (SSSR count). The Morgan fingerprint density at radius 3 is 2.53 bits per heavy atom. The van der Waals surface area contributed by atoms with Crippen molar-refractivity contribution in [3.05, 3.63) is 29.8 Å². The van der Waals surface area contributed by atoms with Crippen molar-refractivity contribution in [3.63, 3.8) is 0 Å². The van der Waals surface area contributed by atoms with Crippen molar-refractivity contribution < 1.29 is 9.90 Å². The molecule has 2 N–H and O–H groups in total. The largest absolute Gasteiger partial charge is 0.507 e. The van der Waals surface area contributed by atoms with Crippen LogP contribution in [0.5, 0.6) is 5.75 Å². The molecule has 0 fully saturated rings. The van der Waals surface area contributed by atoms with Crippen LogP contribution in [0.2, 0.25) is 0 Å². The van der Waals surface area contributed by atoms with Crippen molar-refractivity contribution in [1.29, 1.82) is 0 Å². The topological polar surface area (TPSA) is 52.6 Å². The third-order valence-corrected chi connectivity index (χ3v) is 2.76. The number of amides is 1. The molecule has 0 aliphatic carbocycles. The molecule has 0 aliphatic rings. The number of para-hydroxylation sites is 1. The summed E-state index contributed by atoms with van der Waals surface area (Å²) in [6, 6.07) is 6.56. The molecule has 0 bridgehead atoms. The molecule has 0 saturated carbocycles. The van der Waals surface area contributed by atoms with E-state index in [1.807, 2.05) is 0 Å². The lowest BCUT2D eigenvalue weighted by Crippen LogP contribution is -2.34. The first kappa shape index (κ1) is 13.5. The zero-order valence-corrected chi connectivity index (χ0v) is 10.4. The van der Waals surface area contributed by atoms with Crippen molar-refractivity contribution in [3.8, 4) is 5.75 Å². The summed E-state index contributed by atoms with van der Waals surface area (Å²) in [6.45, 7) is 7.55. The van der Waals surface area contributed by atoms with E-state index in [1.54, 1.807) is 18.2 Å². The zero-order chi connectivity index (χ0) is 12.7. The molecule has 4 heteroatoms. The van der Waals surface area contributed by atoms with Crippen LogP contribution in [0.3, 0.4) is 0 Å². The second-order valence-corrected chi connectivity index (χ2v) is 3.80. The first-order valence-electron chi connectivity index (χ1n) is 5.97. The van der Waals surface area contributed by atoms with Crippen LogP contribution in [-0.2, 0) is 0 Å². The van der Waals surface area contributed by atoms with Gasteiger partial charge in [0.05, 0.1) is 5.56 Å². The number of hydrogen-bond donors (Lipinski definition) is 2. The molecule has 1 aromatic carbocycles. The van der Waals surface area contributed by atoms with E-state index in [4.69, 9.17) is 0 Å². The minimum absolute atomic E-state index is 0.0211. The Balaban J connectivity index is 2.43. The fraction of sp³-hybridized carbons (Fsp3) is 0.462. The smallest absolute Gasteiger partial charge is 0.255 e. The van der Waals surface area contributed by atoms with Gasteiger partial charge in [-0.15, -0.1) is 0 Å². The summed E-state index contributed by atoms with van der Waals surface area (Å²) in [7, 11) is 0. The van der Waals surface area contributed by atoms with Crippen LogP contribution in [0.15, 0.2) is 24.3 Å². The Morgan fingerprint density at radius 1 is 1.29 bits per heavy atom. The van der Waals surface area contributed by atoms with Gasteiger partial charge in [-0.2, -0.15) is 0 Å². The molecule has 0 radical (unpaired) electrons. The van der Waals surface area contributed by atoms with Crippen LogP contribution < -0.4 is 5.32 Å². The Bertz CT molecular complexity index is 362. The van der Waals surface area contributed by atoms with E-state index in [0.717, 1.165) is 19.6 Å². The maximum atomic E-state index is 11.7. The molecule has 17 heavy (non-hydrogen) atoms. The van der Waals surface area contributed by atoms with Gasteiger partial charge in [-0.3, -0.25) is 4.79 Å². The van der Waals surface area contributed by atoms with Gasteiger partial charge < -0.3 is 15.3 Å². The zero-order valence-electron chi connectivity index (χ0n) is 10.4. The summed E-state index contributed by atoms with van der Waals surface area (Å²) in [5.41, 5.74) is 0.326. The Labute approximate surface area is 102 Å². The highest BCUT2D eigenvalue weighted by Crippen LogP contribution is 2.14. The number of hydrogen-bond acceptors (Lipinski definition) is 3. The molecule has 94 valence electrons. The Morgan fingerprint density at radius 2 is 1.94 bits per heavy atom. The van der Waals surface area contributed by atoms with E-state index in [1.165, 1.54) is 6.07 Å². The van der Waals surface area contributed by atoms with E-state index in [9.17, 15) is 9.90 Å². The van der Waals surface area contributed by atoms with Gasteiger partial charge in [-0.25, -0.2) is 0 Å². The van der Waals surface area contributed by atoms with Crippen LogP contribution in [0.1, 0.15) is 24.2 Å². The summed E-state index contributed by atoms with van der Waals surface area (Å²) < 4.78 is 0. The molecule has 1 aromatic rings. The average molecular weight is 236 g/mol. The molecule has 0 aliphatic heterocycles. The van der Waals surface area contributed by atoms with E-state index < -0.39 is 0 Å². The first-order valence-corrected chi connectivity index (χ1v) is 5.97. The lowest BCUT2D eigenvalue weighted by Gasteiger charge is -2.18. The molecular formula is C13H20N2O2. The molecule has 4 nitrogen and oxygen atoms in total. The first-order chi connectivity index (χ1) is 8.19. The van der Waals surface area contributed by atoms with Gasteiger partial charge in [0.2, 0.25) is 0 Å². The lowest BCUT2D eigenvalue weighted by atomic mass is 10.2. The standard InChI is InChI=1S/C13H20N2O2/c1-3-15(4-2)10-9-14-13(17)11-7-5-6-8-12(11)16/h5-8,16H,3-4,9-10H2,1-2H3,(H,14,17). The number of carbonyl (C=O) groups excluding carboxylic acids is 1. The molecule has 0 aromatic heterocycles. The second kappa shape index (κ2) is 6.91. The van der Waals surface area contributed by atoms with Crippen molar-refractivity contribution in [2.75, 3.05) is 26.2 Å². The highest BCUT2D eigenvalue weighted by atomic mass is 16.3. The van der Waals surface area contributed by atoms with Gasteiger partial charge in [-0.1, -0.05) is 26.0 Å². The van der Waals surface area contributed by atoms with Crippen LogP contribution in [0.4, 0.5) is 0 Å². The number of phenols is 1. The second-order valence-electron chi connectivity index (χ2n) is 3.80. The normalized spacial score (nSPS) is 10.5. The average Bonchev–Trinajstić information content (AvgIpc) is 2.35. The van der Waals surface area contributed by atoms with Gasteiger partial charge in [0, 0.05) is 13.1 Å². The van der Waals surface area contributed by atoms with Crippen molar-refractivity contribution in [2.45, 2.75) is 13.8 Å². The van der Waals surface area contributed by atoms with E-state index in [-0.39, 0.29) is 11.7 Å². The number of likely N-dealkylation sites (N-methyl/N-ethyl adjacent to an activating group) is 1. The fourth-order valence-corrected chi connectivity index (χ4v) is 1.63. The van der Waals surface area contributed by atoms with Gasteiger partial charge in [0.15, 0.2) is 0 Å². The summed E-state index contributed by atoms with van der Waals surface area (Å²) in [6.07, 6.45) is 0. The Kier molecular flexibility index (Phi) is 5.49. The molecule has 0 saturated heterocycles. The minimum atomic E-state index is -0.227.